The Kier molecular flexibility index (Phi) is 4.84. The van der Waals surface area contributed by atoms with Gasteiger partial charge in [-0.05, 0) is 12.8 Å². The number of hydrogen-bond acceptors (Lipinski definition) is 4. The second kappa shape index (κ2) is 5.93. The fraction of sp³-hybridized carbons (Fsp3) is 0.545. The van der Waals surface area contributed by atoms with Gasteiger partial charge in [0.2, 0.25) is 0 Å². The van der Waals surface area contributed by atoms with Gasteiger partial charge in [0, 0.05) is 12.7 Å². The highest BCUT2D eigenvalue weighted by atomic mass is 35.5. The number of aliphatic hydroxyl groups is 1. The van der Waals surface area contributed by atoms with Crippen molar-refractivity contribution in [2.45, 2.75) is 32.3 Å². The summed E-state index contributed by atoms with van der Waals surface area (Å²) in [6.07, 6.45) is 3.75. The zero-order valence-electron chi connectivity index (χ0n) is 9.90. The van der Waals surface area contributed by atoms with E-state index in [1.54, 1.807) is 0 Å². The van der Waals surface area contributed by atoms with Crippen molar-refractivity contribution in [2.75, 3.05) is 6.54 Å². The summed E-state index contributed by atoms with van der Waals surface area (Å²) in [4.78, 5) is 19.2. The second-order valence-electron chi connectivity index (χ2n) is 3.83. The molecule has 5 nitrogen and oxygen atoms in total. The number of nitrogens with zero attached hydrogens (tertiary/aromatic N) is 2. The van der Waals surface area contributed by atoms with Gasteiger partial charge in [-0.2, -0.15) is 0 Å². The van der Waals surface area contributed by atoms with Gasteiger partial charge in [-0.1, -0.05) is 25.4 Å². The first kappa shape index (κ1) is 13.9. The smallest absolute Gasteiger partial charge is 0.271 e. The number of hydrogen-bond donors (Lipinski definition) is 2. The molecule has 0 atom stereocenters. The molecule has 2 N–H and O–H groups in total. The van der Waals surface area contributed by atoms with Gasteiger partial charge in [-0.3, -0.25) is 4.79 Å². The SMILES string of the molecule is CCC(O)(CC)CNC(=O)c1ncncc1Cl. The Bertz CT molecular complexity index is 394. The van der Waals surface area contributed by atoms with Crippen LogP contribution >= 0.6 is 11.6 Å². The lowest BCUT2D eigenvalue weighted by atomic mass is 9.97. The molecule has 0 spiro atoms. The highest BCUT2D eigenvalue weighted by molar-refractivity contribution is 6.33. The van der Waals surface area contributed by atoms with E-state index < -0.39 is 11.5 Å². The van der Waals surface area contributed by atoms with Crippen molar-refractivity contribution in [3.8, 4) is 0 Å². The normalized spacial score (nSPS) is 11.3. The van der Waals surface area contributed by atoms with Crippen molar-refractivity contribution < 1.29 is 9.90 Å². The van der Waals surface area contributed by atoms with Gasteiger partial charge in [-0.15, -0.1) is 0 Å². The molecule has 1 heterocycles. The molecule has 1 aromatic heterocycles. The number of carbonyl (C=O) groups is 1. The fourth-order valence-corrected chi connectivity index (χ4v) is 1.50. The molecule has 0 aliphatic rings. The molecule has 1 amide bonds. The van der Waals surface area contributed by atoms with Crippen LogP contribution in [-0.4, -0.2) is 33.1 Å². The first-order valence-corrected chi connectivity index (χ1v) is 5.86. The van der Waals surface area contributed by atoms with Crippen LogP contribution in [0.25, 0.3) is 0 Å². The Morgan fingerprint density at radius 2 is 2.18 bits per heavy atom. The summed E-state index contributed by atoms with van der Waals surface area (Å²) in [5.41, 5.74) is -0.758. The molecule has 1 aromatic rings. The number of carbonyl (C=O) groups excluding carboxylic acids is 1. The van der Waals surface area contributed by atoms with Crippen LogP contribution in [0.1, 0.15) is 37.2 Å². The van der Waals surface area contributed by atoms with Crippen LogP contribution in [0.5, 0.6) is 0 Å². The van der Waals surface area contributed by atoms with Crippen molar-refractivity contribution in [3.63, 3.8) is 0 Å². The number of amides is 1. The van der Waals surface area contributed by atoms with Crippen LogP contribution in [-0.2, 0) is 0 Å². The molecule has 0 bridgehead atoms. The van der Waals surface area contributed by atoms with Gasteiger partial charge >= 0.3 is 0 Å². The van der Waals surface area contributed by atoms with E-state index in [0.29, 0.717) is 12.8 Å². The summed E-state index contributed by atoms with van der Waals surface area (Å²) in [7, 11) is 0. The predicted octanol–water partition coefficient (Wildman–Crippen LogP) is 1.41. The zero-order valence-corrected chi connectivity index (χ0v) is 10.7. The van der Waals surface area contributed by atoms with Crippen LogP contribution in [0.3, 0.4) is 0 Å². The topological polar surface area (TPSA) is 75.1 Å². The minimum atomic E-state index is -0.880. The largest absolute Gasteiger partial charge is 0.388 e. The summed E-state index contributed by atoms with van der Waals surface area (Å²) in [5, 5.41) is 12.8. The van der Waals surface area contributed by atoms with E-state index in [9.17, 15) is 9.90 Å². The van der Waals surface area contributed by atoms with E-state index in [1.165, 1.54) is 12.5 Å². The molecule has 1 rings (SSSR count). The molecule has 6 heteroatoms. The molecule has 17 heavy (non-hydrogen) atoms. The third-order valence-corrected chi connectivity index (χ3v) is 3.05. The minimum absolute atomic E-state index is 0.122. The zero-order chi connectivity index (χ0) is 12.9. The molecule has 0 aliphatic carbocycles. The number of rotatable bonds is 5. The third kappa shape index (κ3) is 3.64. The van der Waals surface area contributed by atoms with Crippen molar-refractivity contribution in [1.82, 2.24) is 15.3 Å². The van der Waals surface area contributed by atoms with Crippen LogP contribution < -0.4 is 5.32 Å². The van der Waals surface area contributed by atoms with E-state index in [4.69, 9.17) is 11.6 Å². The average molecular weight is 258 g/mol. The Morgan fingerprint density at radius 1 is 1.53 bits per heavy atom. The second-order valence-corrected chi connectivity index (χ2v) is 4.24. The molecule has 0 saturated carbocycles. The Balaban J connectivity index is 2.65. The standard InChI is InChI=1S/C11H16ClN3O2/c1-3-11(17,4-2)6-14-10(16)9-8(12)5-13-7-15-9/h5,7,17H,3-4,6H2,1-2H3,(H,14,16). The maximum Gasteiger partial charge on any atom is 0.271 e. The van der Waals surface area contributed by atoms with Crippen molar-refractivity contribution in [2.24, 2.45) is 0 Å². The summed E-state index contributed by atoms with van der Waals surface area (Å²) in [6.45, 7) is 3.92. The maximum absolute atomic E-state index is 11.7. The molecule has 94 valence electrons. The number of nitrogens with one attached hydrogen (secondary N) is 1. The van der Waals surface area contributed by atoms with Crippen molar-refractivity contribution >= 4 is 17.5 Å². The Labute approximate surface area is 105 Å². The summed E-state index contributed by atoms with van der Waals surface area (Å²) in [6, 6.07) is 0. The van der Waals surface area contributed by atoms with Crippen molar-refractivity contribution in [3.05, 3.63) is 23.2 Å². The van der Waals surface area contributed by atoms with Gasteiger partial charge in [0.05, 0.1) is 10.6 Å². The van der Waals surface area contributed by atoms with E-state index >= 15 is 0 Å². The lowest BCUT2D eigenvalue weighted by Gasteiger charge is -2.25. The minimum Gasteiger partial charge on any atom is -0.388 e. The molecule has 0 fully saturated rings. The van der Waals surface area contributed by atoms with E-state index in [2.05, 4.69) is 15.3 Å². The monoisotopic (exact) mass is 257 g/mol. The molecule has 0 radical (unpaired) electrons. The third-order valence-electron chi connectivity index (χ3n) is 2.78. The first-order chi connectivity index (χ1) is 8.02. The lowest BCUT2D eigenvalue weighted by molar-refractivity contribution is 0.0313. The Morgan fingerprint density at radius 3 is 2.71 bits per heavy atom. The first-order valence-electron chi connectivity index (χ1n) is 5.48. The molecule has 0 saturated heterocycles. The Hall–Kier alpha value is -1.20. The summed E-state index contributed by atoms with van der Waals surface area (Å²) < 4.78 is 0. The van der Waals surface area contributed by atoms with Crippen LogP contribution in [0.15, 0.2) is 12.5 Å². The van der Waals surface area contributed by atoms with E-state index in [0.717, 1.165) is 0 Å². The predicted molar refractivity (Wildman–Crippen MR) is 64.9 cm³/mol. The number of halogens is 1. The van der Waals surface area contributed by atoms with Gasteiger partial charge in [0.25, 0.3) is 5.91 Å². The quantitative estimate of drug-likeness (QED) is 0.836. The number of aromatic nitrogens is 2. The van der Waals surface area contributed by atoms with Crippen molar-refractivity contribution in [1.29, 1.82) is 0 Å². The van der Waals surface area contributed by atoms with Crippen LogP contribution in [0.4, 0.5) is 0 Å². The van der Waals surface area contributed by atoms with Gasteiger partial charge in [0.1, 0.15) is 12.0 Å². The highest BCUT2D eigenvalue weighted by Gasteiger charge is 2.23. The highest BCUT2D eigenvalue weighted by Crippen LogP contribution is 2.14. The van der Waals surface area contributed by atoms with Crippen LogP contribution in [0.2, 0.25) is 5.02 Å². The van der Waals surface area contributed by atoms with E-state index in [1.807, 2.05) is 13.8 Å². The molecule has 0 aliphatic heterocycles. The van der Waals surface area contributed by atoms with Gasteiger partial charge in [0.15, 0.2) is 0 Å². The average Bonchev–Trinajstić information content (AvgIpc) is 2.36. The van der Waals surface area contributed by atoms with Gasteiger partial charge < -0.3 is 10.4 Å². The maximum atomic E-state index is 11.7. The van der Waals surface area contributed by atoms with Gasteiger partial charge in [-0.25, -0.2) is 9.97 Å². The van der Waals surface area contributed by atoms with E-state index in [-0.39, 0.29) is 17.3 Å². The molecule has 0 unspecified atom stereocenters. The lowest BCUT2D eigenvalue weighted by Crippen LogP contribution is -2.42. The molecular formula is C11H16ClN3O2. The van der Waals surface area contributed by atoms with Crippen LogP contribution in [0, 0.1) is 0 Å². The molecular weight excluding hydrogens is 242 g/mol. The summed E-state index contributed by atoms with van der Waals surface area (Å²) >= 11 is 5.79. The molecule has 0 aromatic carbocycles. The fourth-order valence-electron chi connectivity index (χ4n) is 1.31. The summed E-state index contributed by atoms with van der Waals surface area (Å²) in [5.74, 6) is -0.405.